The molecule has 0 atom stereocenters. The number of hydrogen-bond donors (Lipinski definition) is 0. The van der Waals surface area contributed by atoms with Gasteiger partial charge in [-0.3, -0.25) is 9.36 Å². The third-order valence-electron chi connectivity index (χ3n) is 4.97. The lowest BCUT2D eigenvalue weighted by molar-refractivity contribution is -0.135. The Labute approximate surface area is 199 Å². The predicted octanol–water partition coefficient (Wildman–Crippen LogP) is 2.66. The fourth-order valence-electron chi connectivity index (χ4n) is 3.55. The summed E-state index contributed by atoms with van der Waals surface area (Å²) in [7, 11) is 1.57. The largest absolute Gasteiger partial charge is 0.496 e. The molecule has 9 heteroatoms. The molecule has 1 aliphatic rings. The number of hydrogen-bond acceptors (Lipinski definition) is 7. The van der Waals surface area contributed by atoms with Crippen LogP contribution in [0.1, 0.15) is 23.6 Å². The number of ether oxygens (including phenoxy) is 4. The Kier molecular flexibility index (Phi) is 7.17. The van der Waals surface area contributed by atoms with Gasteiger partial charge in [0, 0.05) is 21.7 Å². The molecule has 0 aliphatic carbocycles. The average molecular weight is 488 g/mol. The van der Waals surface area contributed by atoms with E-state index >= 15 is 0 Å². The number of esters is 1. The molecule has 7 nitrogen and oxygen atoms in total. The van der Waals surface area contributed by atoms with E-state index in [1.165, 1.54) is 22.0 Å². The Balaban J connectivity index is 1.88. The van der Waals surface area contributed by atoms with Gasteiger partial charge in [0.25, 0.3) is 5.56 Å². The summed E-state index contributed by atoms with van der Waals surface area (Å²) >= 11 is 7.50. The number of fused-ring (bicyclic) bond motifs is 1. The van der Waals surface area contributed by atoms with E-state index in [0.29, 0.717) is 32.3 Å². The molecule has 33 heavy (non-hydrogen) atoms. The second-order valence-electron chi connectivity index (χ2n) is 7.14. The zero-order valence-corrected chi connectivity index (χ0v) is 19.7. The number of halogens is 1. The Morgan fingerprint density at radius 2 is 2.12 bits per heavy atom. The number of rotatable bonds is 6. The molecule has 172 valence electrons. The highest BCUT2D eigenvalue weighted by molar-refractivity contribution is 7.07. The molecular weight excluding hydrogens is 466 g/mol. The maximum atomic E-state index is 13.4. The van der Waals surface area contributed by atoms with Crippen LogP contribution in [0.5, 0.6) is 11.5 Å². The molecule has 3 aromatic rings. The zero-order chi connectivity index (χ0) is 23.4. The van der Waals surface area contributed by atoms with Crippen molar-refractivity contribution in [2.45, 2.75) is 20.1 Å². The van der Waals surface area contributed by atoms with Crippen molar-refractivity contribution in [3.8, 4) is 11.5 Å². The Hall–Kier alpha value is -3.07. The molecule has 2 aromatic carbocycles. The van der Waals surface area contributed by atoms with Crippen LogP contribution in [0.3, 0.4) is 0 Å². The Morgan fingerprint density at radius 1 is 1.30 bits per heavy atom. The Morgan fingerprint density at radius 3 is 2.91 bits per heavy atom. The minimum atomic E-state index is -0.519. The summed E-state index contributed by atoms with van der Waals surface area (Å²) in [5.41, 5.74) is 2.04. The summed E-state index contributed by atoms with van der Waals surface area (Å²) < 4.78 is 23.9. The van der Waals surface area contributed by atoms with Gasteiger partial charge < -0.3 is 18.9 Å². The number of thiazole rings is 1. The van der Waals surface area contributed by atoms with Gasteiger partial charge in [-0.15, -0.1) is 11.3 Å². The van der Waals surface area contributed by atoms with Crippen molar-refractivity contribution in [1.29, 1.82) is 0 Å². The van der Waals surface area contributed by atoms with Gasteiger partial charge >= 0.3 is 5.97 Å². The molecule has 0 radical (unpaired) electrons. The summed E-state index contributed by atoms with van der Waals surface area (Å²) in [6, 6.07) is 10.9. The minimum absolute atomic E-state index is 0.120. The lowest BCUT2D eigenvalue weighted by Gasteiger charge is -2.21. The molecule has 2 heterocycles. The summed E-state index contributed by atoms with van der Waals surface area (Å²) in [6.07, 6.45) is 3.08. The fourth-order valence-corrected chi connectivity index (χ4v) is 4.83. The quantitative estimate of drug-likeness (QED) is 0.498. The van der Waals surface area contributed by atoms with Crippen LogP contribution in [-0.2, 0) is 27.4 Å². The van der Waals surface area contributed by atoms with Crippen molar-refractivity contribution in [3.05, 3.63) is 77.7 Å². The average Bonchev–Trinajstić information content (AvgIpc) is 3.08. The maximum Gasteiger partial charge on any atom is 0.333 e. The zero-order valence-electron chi connectivity index (χ0n) is 18.1. The lowest BCUT2D eigenvalue weighted by Crippen LogP contribution is -2.32. The van der Waals surface area contributed by atoms with Crippen molar-refractivity contribution < 1.29 is 23.7 Å². The van der Waals surface area contributed by atoms with Crippen molar-refractivity contribution in [3.63, 3.8) is 0 Å². The van der Waals surface area contributed by atoms with Crippen LogP contribution in [0.2, 0.25) is 5.02 Å². The van der Waals surface area contributed by atoms with Crippen LogP contribution in [0.4, 0.5) is 0 Å². The third kappa shape index (κ3) is 5.13. The molecule has 0 saturated heterocycles. The third-order valence-corrected chi connectivity index (χ3v) is 6.25. The molecule has 0 spiro atoms. The highest BCUT2D eigenvalue weighted by Gasteiger charge is 2.18. The van der Waals surface area contributed by atoms with Gasteiger partial charge in [0.1, 0.15) is 16.2 Å². The lowest BCUT2D eigenvalue weighted by atomic mass is 10.1. The summed E-state index contributed by atoms with van der Waals surface area (Å²) in [5, 5.41) is 0.512. The van der Waals surface area contributed by atoms with E-state index in [9.17, 15) is 9.59 Å². The monoisotopic (exact) mass is 487 g/mol. The number of methoxy groups -OCH3 is 1. The van der Waals surface area contributed by atoms with Crippen LogP contribution < -0.4 is 24.2 Å². The predicted molar refractivity (Wildman–Crippen MR) is 126 cm³/mol. The summed E-state index contributed by atoms with van der Waals surface area (Å²) in [4.78, 5) is 25.6. The highest BCUT2D eigenvalue weighted by atomic mass is 35.5. The summed E-state index contributed by atoms with van der Waals surface area (Å²) in [5.74, 6) is 0.764. The van der Waals surface area contributed by atoms with Crippen LogP contribution in [-0.4, -0.2) is 31.0 Å². The Bertz CT molecular complexity index is 1360. The van der Waals surface area contributed by atoms with E-state index < -0.39 is 5.97 Å². The first-order chi connectivity index (χ1) is 16.0. The summed E-state index contributed by atoms with van der Waals surface area (Å²) in [6.45, 7) is 2.63. The molecule has 0 N–H and O–H groups in total. The van der Waals surface area contributed by atoms with Crippen molar-refractivity contribution in [1.82, 2.24) is 4.57 Å². The number of carbonyl (C=O) groups is 1. The second-order valence-corrected chi connectivity index (χ2v) is 8.64. The molecule has 4 rings (SSSR count). The second kappa shape index (κ2) is 10.2. The fraction of sp³-hybridized carbons (Fsp3) is 0.250. The molecule has 0 amide bonds. The molecule has 0 fully saturated rings. The number of nitrogens with zero attached hydrogens (tertiary/aromatic N) is 1. The normalized spacial score (nSPS) is 14.0. The maximum absolute atomic E-state index is 13.4. The number of carbonyl (C=O) groups excluding carboxylic acids is 1. The smallest absolute Gasteiger partial charge is 0.333 e. The van der Waals surface area contributed by atoms with Gasteiger partial charge in [-0.25, -0.2) is 4.79 Å². The van der Waals surface area contributed by atoms with E-state index in [2.05, 4.69) is 0 Å². The molecule has 0 bridgehead atoms. The van der Waals surface area contributed by atoms with Crippen LogP contribution >= 0.6 is 22.9 Å². The van der Waals surface area contributed by atoms with Gasteiger partial charge in [0.15, 0.2) is 6.79 Å². The molecule has 0 unspecified atom stereocenters. The van der Waals surface area contributed by atoms with Crippen LogP contribution in [0.25, 0.3) is 12.2 Å². The van der Waals surface area contributed by atoms with Crippen LogP contribution in [0.15, 0.2) is 41.2 Å². The van der Waals surface area contributed by atoms with Crippen molar-refractivity contribution >= 4 is 41.1 Å². The minimum Gasteiger partial charge on any atom is -0.496 e. The first-order valence-corrected chi connectivity index (χ1v) is 11.4. The van der Waals surface area contributed by atoms with E-state index in [4.69, 9.17) is 30.5 Å². The number of benzene rings is 2. The van der Waals surface area contributed by atoms with E-state index in [0.717, 1.165) is 16.7 Å². The molecule has 0 saturated carbocycles. The SMILES string of the molecule is CCOC(=O)/C=c1\s/c(=C\c2ccccc2OC)c(=O)n1Cc1cc(Cl)cc2c1OCOC2. The van der Waals surface area contributed by atoms with E-state index in [1.54, 1.807) is 32.2 Å². The number of aromatic nitrogens is 1. The first kappa shape index (κ1) is 23.1. The van der Waals surface area contributed by atoms with E-state index in [-0.39, 0.29) is 25.5 Å². The molecular formula is C24H22ClNO6S. The first-order valence-electron chi connectivity index (χ1n) is 10.2. The number of para-hydroxylation sites is 1. The van der Waals surface area contributed by atoms with Gasteiger partial charge in [-0.1, -0.05) is 29.8 Å². The van der Waals surface area contributed by atoms with Crippen molar-refractivity contribution in [2.75, 3.05) is 20.5 Å². The topological polar surface area (TPSA) is 76.0 Å². The van der Waals surface area contributed by atoms with Gasteiger partial charge in [0.2, 0.25) is 0 Å². The van der Waals surface area contributed by atoms with Crippen molar-refractivity contribution in [2.24, 2.45) is 0 Å². The molecule has 1 aliphatic heterocycles. The van der Waals surface area contributed by atoms with Gasteiger partial charge in [-0.2, -0.15) is 0 Å². The van der Waals surface area contributed by atoms with Crippen LogP contribution in [0, 0.1) is 0 Å². The highest BCUT2D eigenvalue weighted by Crippen LogP contribution is 2.31. The van der Waals surface area contributed by atoms with Gasteiger partial charge in [-0.05, 0) is 31.2 Å². The van der Waals surface area contributed by atoms with E-state index in [1.807, 2.05) is 24.3 Å². The standard InChI is InChI=1S/C24H22ClNO6S/c1-3-31-22(27)11-21-26(12-16-8-18(25)9-17-13-30-14-32-23(16)17)24(28)20(33-21)10-15-6-4-5-7-19(15)29-2/h4-11H,3,12-14H2,1-2H3/b20-10-,21-11-. The molecule has 1 aromatic heterocycles. The van der Waals surface area contributed by atoms with Gasteiger partial charge in [0.05, 0.1) is 37.5 Å².